The average molecular weight is 446 g/mol. The minimum Gasteiger partial charge on any atom is -0.496 e. The van der Waals surface area contributed by atoms with Crippen molar-refractivity contribution in [2.75, 3.05) is 7.11 Å². The van der Waals surface area contributed by atoms with Gasteiger partial charge < -0.3 is 14.8 Å². The Morgan fingerprint density at radius 2 is 1.69 bits per heavy atom. The number of amides is 1. The molecular weight excluding hydrogens is 422 g/mol. The van der Waals surface area contributed by atoms with Gasteiger partial charge in [-0.25, -0.2) is 0 Å². The van der Waals surface area contributed by atoms with Gasteiger partial charge in [0.05, 0.1) is 13.2 Å². The highest BCUT2D eigenvalue weighted by Gasteiger charge is 2.14. The smallest absolute Gasteiger partial charge is 0.251 e. The monoisotopic (exact) mass is 445 g/mol. The topological polar surface area (TPSA) is 47.6 Å². The molecule has 32 heavy (non-hydrogen) atoms. The molecule has 162 valence electrons. The van der Waals surface area contributed by atoms with Gasteiger partial charge in [-0.2, -0.15) is 0 Å². The van der Waals surface area contributed by atoms with Crippen molar-refractivity contribution >= 4 is 28.3 Å². The molecule has 0 spiro atoms. The number of carbonyl (C=O) groups is 1. The second-order valence-corrected chi connectivity index (χ2v) is 8.01. The van der Waals surface area contributed by atoms with Crippen molar-refractivity contribution in [2.24, 2.45) is 0 Å². The maximum absolute atomic E-state index is 12.8. The van der Waals surface area contributed by atoms with Gasteiger partial charge in [0.25, 0.3) is 5.91 Å². The van der Waals surface area contributed by atoms with E-state index in [9.17, 15) is 4.79 Å². The van der Waals surface area contributed by atoms with E-state index in [0.717, 1.165) is 27.6 Å². The number of nitrogens with one attached hydrogen (secondary N) is 1. The van der Waals surface area contributed by atoms with Crippen LogP contribution in [0.2, 0.25) is 5.02 Å². The minimum atomic E-state index is -0.165. The van der Waals surface area contributed by atoms with E-state index in [1.165, 1.54) is 0 Å². The highest BCUT2D eigenvalue weighted by atomic mass is 35.5. The number of hydrogen-bond donors (Lipinski definition) is 1. The summed E-state index contributed by atoms with van der Waals surface area (Å²) in [6.45, 7) is 2.23. The van der Waals surface area contributed by atoms with Crippen LogP contribution in [0.1, 0.15) is 34.5 Å². The van der Waals surface area contributed by atoms with Crippen LogP contribution in [0, 0.1) is 0 Å². The molecule has 0 aliphatic carbocycles. The highest BCUT2D eigenvalue weighted by molar-refractivity contribution is 6.30. The van der Waals surface area contributed by atoms with Gasteiger partial charge in [-0.3, -0.25) is 4.79 Å². The lowest BCUT2D eigenvalue weighted by molar-refractivity contribution is 0.0939. The number of rotatable bonds is 7. The fraction of sp³-hybridized carbons (Fsp3) is 0.148. The number of benzene rings is 4. The van der Waals surface area contributed by atoms with Gasteiger partial charge in [-0.05, 0) is 65.7 Å². The first kappa shape index (κ1) is 21.7. The molecular formula is C27H24ClNO3. The number of methoxy groups -OCH3 is 1. The Kier molecular flexibility index (Phi) is 6.62. The standard InChI is InChI=1S/C27H24ClNO3/c1-18(19-7-11-24(28)12-8-19)29-27(30)22-10-14-26(31-2)23(15-22)17-32-25-13-9-20-5-3-4-6-21(20)16-25/h3-16,18H,17H2,1-2H3,(H,29,30). The Balaban J connectivity index is 1.48. The van der Waals surface area contributed by atoms with Gasteiger partial charge in [-0.15, -0.1) is 0 Å². The van der Waals surface area contributed by atoms with Crippen molar-refractivity contribution in [3.8, 4) is 11.5 Å². The second kappa shape index (κ2) is 9.75. The van der Waals surface area contributed by atoms with Crippen LogP contribution in [-0.4, -0.2) is 13.0 Å². The molecule has 0 saturated heterocycles. The summed E-state index contributed by atoms with van der Waals surface area (Å²) in [5.74, 6) is 1.27. The predicted molar refractivity (Wildman–Crippen MR) is 129 cm³/mol. The van der Waals surface area contributed by atoms with Gasteiger partial charge in [0.15, 0.2) is 0 Å². The summed E-state index contributed by atoms with van der Waals surface area (Å²) in [7, 11) is 1.61. The zero-order valence-electron chi connectivity index (χ0n) is 18.0. The van der Waals surface area contributed by atoms with Crippen LogP contribution in [0.3, 0.4) is 0 Å². The Hall–Kier alpha value is -3.50. The van der Waals surface area contributed by atoms with Gasteiger partial charge in [0.2, 0.25) is 0 Å². The van der Waals surface area contributed by atoms with Crippen LogP contribution >= 0.6 is 11.6 Å². The average Bonchev–Trinajstić information content (AvgIpc) is 2.82. The normalized spacial score (nSPS) is 11.7. The quantitative estimate of drug-likeness (QED) is 0.350. The SMILES string of the molecule is COc1ccc(C(=O)NC(C)c2ccc(Cl)cc2)cc1COc1ccc2ccccc2c1. The molecule has 4 aromatic carbocycles. The van der Waals surface area contributed by atoms with E-state index in [0.29, 0.717) is 16.3 Å². The van der Waals surface area contributed by atoms with Gasteiger partial charge in [0.1, 0.15) is 18.1 Å². The maximum Gasteiger partial charge on any atom is 0.251 e. The van der Waals surface area contributed by atoms with E-state index in [-0.39, 0.29) is 18.6 Å². The number of fused-ring (bicyclic) bond motifs is 1. The molecule has 1 N–H and O–H groups in total. The molecule has 5 heteroatoms. The van der Waals surface area contributed by atoms with Crippen LogP contribution in [0.25, 0.3) is 10.8 Å². The summed E-state index contributed by atoms with van der Waals surface area (Å²) in [4.78, 5) is 12.8. The first-order chi connectivity index (χ1) is 15.5. The van der Waals surface area contributed by atoms with Crippen LogP contribution in [0.4, 0.5) is 0 Å². The molecule has 4 nitrogen and oxygen atoms in total. The predicted octanol–water partition coefficient (Wildman–Crippen LogP) is 6.57. The van der Waals surface area contributed by atoms with Crippen LogP contribution in [0.5, 0.6) is 11.5 Å². The third-order valence-electron chi connectivity index (χ3n) is 5.38. The molecule has 1 atom stereocenters. The Labute approximate surface area is 192 Å². The second-order valence-electron chi connectivity index (χ2n) is 7.57. The van der Waals surface area contributed by atoms with Crippen molar-refractivity contribution in [1.29, 1.82) is 0 Å². The van der Waals surface area contributed by atoms with Crippen LogP contribution < -0.4 is 14.8 Å². The first-order valence-corrected chi connectivity index (χ1v) is 10.8. The molecule has 0 radical (unpaired) electrons. The van der Waals surface area contributed by atoms with Gasteiger partial charge in [-0.1, -0.05) is 54.1 Å². The summed E-state index contributed by atoms with van der Waals surface area (Å²) >= 11 is 5.96. The summed E-state index contributed by atoms with van der Waals surface area (Å²) in [6, 6.07) is 26.8. The van der Waals surface area contributed by atoms with Gasteiger partial charge in [0, 0.05) is 16.1 Å². The largest absolute Gasteiger partial charge is 0.496 e. The lowest BCUT2D eigenvalue weighted by Crippen LogP contribution is -2.26. The molecule has 1 amide bonds. The Morgan fingerprint density at radius 3 is 2.44 bits per heavy atom. The molecule has 1 unspecified atom stereocenters. The molecule has 0 aliphatic heterocycles. The fourth-order valence-corrected chi connectivity index (χ4v) is 3.69. The zero-order chi connectivity index (χ0) is 22.5. The van der Waals surface area contributed by atoms with Crippen molar-refractivity contribution in [2.45, 2.75) is 19.6 Å². The fourth-order valence-electron chi connectivity index (χ4n) is 3.57. The Bertz CT molecular complexity index is 1240. The zero-order valence-corrected chi connectivity index (χ0v) is 18.7. The van der Waals surface area contributed by atoms with E-state index in [1.807, 2.05) is 67.6 Å². The van der Waals surface area contributed by atoms with E-state index in [1.54, 1.807) is 19.2 Å². The maximum atomic E-state index is 12.8. The molecule has 0 aliphatic rings. The summed E-state index contributed by atoms with van der Waals surface area (Å²) in [5, 5.41) is 5.96. The number of ether oxygens (including phenoxy) is 2. The number of carbonyl (C=O) groups excluding carboxylic acids is 1. The van der Waals surface area contributed by atoms with Crippen molar-refractivity contribution < 1.29 is 14.3 Å². The summed E-state index contributed by atoms with van der Waals surface area (Å²) < 4.78 is 11.5. The molecule has 4 rings (SSSR count). The highest BCUT2D eigenvalue weighted by Crippen LogP contribution is 2.25. The van der Waals surface area contributed by atoms with E-state index in [4.69, 9.17) is 21.1 Å². The van der Waals surface area contributed by atoms with Crippen molar-refractivity contribution in [1.82, 2.24) is 5.32 Å². The third-order valence-corrected chi connectivity index (χ3v) is 5.63. The van der Waals surface area contributed by atoms with Gasteiger partial charge >= 0.3 is 0 Å². The lowest BCUT2D eigenvalue weighted by atomic mass is 10.1. The Morgan fingerprint density at radius 1 is 0.938 bits per heavy atom. The minimum absolute atomic E-state index is 0.154. The lowest BCUT2D eigenvalue weighted by Gasteiger charge is -2.16. The molecule has 0 aromatic heterocycles. The molecule has 0 bridgehead atoms. The number of halogens is 1. The van der Waals surface area contributed by atoms with E-state index < -0.39 is 0 Å². The van der Waals surface area contributed by atoms with E-state index in [2.05, 4.69) is 17.4 Å². The van der Waals surface area contributed by atoms with Crippen molar-refractivity contribution in [3.05, 3.63) is 107 Å². The summed E-state index contributed by atoms with van der Waals surface area (Å²) in [6.07, 6.45) is 0. The molecule has 0 heterocycles. The number of hydrogen-bond acceptors (Lipinski definition) is 3. The van der Waals surface area contributed by atoms with E-state index >= 15 is 0 Å². The third kappa shape index (κ3) is 5.04. The molecule has 4 aromatic rings. The van der Waals surface area contributed by atoms with Crippen LogP contribution in [-0.2, 0) is 6.61 Å². The first-order valence-electron chi connectivity index (χ1n) is 10.4. The van der Waals surface area contributed by atoms with Crippen LogP contribution in [0.15, 0.2) is 84.9 Å². The molecule has 0 saturated carbocycles. The van der Waals surface area contributed by atoms with Crippen molar-refractivity contribution in [3.63, 3.8) is 0 Å². The molecule has 0 fully saturated rings. The summed E-state index contributed by atoms with van der Waals surface area (Å²) in [5.41, 5.74) is 2.33.